The summed E-state index contributed by atoms with van der Waals surface area (Å²) in [5.74, 6) is 0.128. The second-order valence-corrected chi connectivity index (χ2v) is 6.11. The predicted molar refractivity (Wildman–Crippen MR) is 110 cm³/mol. The number of carbonyl (C=O) groups excluding carboxylic acids is 1. The first kappa shape index (κ1) is 19.7. The smallest absolute Gasteiger partial charge is 0.294 e. The average molecular weight is 419 g/mol. The molecule has 0 aliphatic rings. The third-order valence-electron chi connectivity index (χ3n) is 4.09. The first-order valence-electron chi connectivity index (χ1n) is 9.18. The summed E-state index contributed by atoms with van der Waals surface area (Å²) < 4.78 is 11.5. The van der Waals surface area contributed by atoms with Crippen LogP contribution in [0.2, 0.25) is 0 Å². The molecule has 0 aliphatic carbocycles. The standard InChI is InChI=1S/C19H17N9O3/c1-2-30-14-5-3-4-13(10-14)16-15(23-27-28(16)18-17(20)25-31-26-18)19(29)24-22-11-12-6-8-21-9-7-12/h3-11H,2H2,1H3,(H2,20,25)(H,24,29)/b22-11-. The van der Waals surface area contributed by atoms with E-state index in [1.807, 2.05) is 6.92 Å². The van der Waals surface area contributed by atoms with Gasteiger partial charge in [0, 0.05) is 18.0 Å². The quantitative estimate of drug-likeness (QED) is 0.334. The van der Waals surface area contributed by atoms with Crippen LogP contribution in [-0.4, -0.2) is 49.0 Å². The lowest BCUT2D eigenvalue weighted by Gasteiger charge is -2.08. The highest BCUT2D eigenvalue weighted by molar-refractivity contribution is 5.98. The molecule has 0 unspecified atom stereocenters. The van der Waals surface area contributed by atoms with E-state index in [-0.39, 0.29) is 17.3 Å². The van der Waals surface area contributed by atoms with Crippen LogP contribution < -0.4 is 15.9 Å². The molecule has 0 radical (unpaired) electrons. The summed E-state index contributed by atoms with van der Waals surface area (Å²) in [5, 5.41) is 19.3. The number of nitrogens with zero attached hydrogens (tertiary/aromatic N) is 7. The molecule has 0 saturated carbocycles. The minimum Gasteiger partial charge on any atom is -0.494 e. The maximum atomic E-state index is 12.8. The van der Waals surface area contributed by atoms with E-state index in [0.29, 0.717) is 23.6 Å². The number of nitrogens with two attached hydrogens (primary N) is 1. The van der Waals surface area contributed by atoms with Crippen molar-refractivity contribution < 1.29 is 14.2 Å². The van der Waals surface area contributed by atoms with Gasteiger partial charge in [0.05, 0.1) is 12.8 Å². The average Bonchev–Trinajstić information content (AvgIpc) is 3.41. The Morgan fingerprint density at radius 2 is 2.13 bits per heavy atom. The Balaban J connectivity index is 1.72. The monoisotopic (exact) mass is 419 g/mol. The van der Waals surface area contributed by atoms with Gasteiger partial charge in [-0.2, -0.15) is 9.78 Å². The summed E-state index contributed by atoms with van der Waals surface area (Å²) in [6.45, 7) is 2.36. The van der Waals surface area contributed by atoms with Crippen LogP contribution in [0.3, 0.4) is 0 Å². The molecule has 156 valence electrons. The number of hydrogen-bond acceptors (Lipinski definition) is 10. The van der Waals surface area contributed by atoms with E-state index >= 15 is 0 Å². The Hall–Kier alpha value is -4.61. The van der Waals surface area contributed by atoms with Crippen molar-refractivity contribution in [1.29, 1.82) is 0 Å². The number of nitrogens with one attached hydrogen (secondary N) is 1. The minimum atomic E-state index is -0.580. The Morgan fingerprint density at radius 3 is 2.87 bits per heavy atom. The van der Waals surface area contributed by atoms with Gasteiger partial charge in [-0.1, -0.05) is 17.3 Å². The molecule has 4 rings (SSSR count). The lowest BCUT2D eigenvalue weighted by Crippen LogP contribution is -2.19. The molecule has 3 heterocycles. The fourth-order valence-corrected chi connectivity index (χ4v) is 2.75. The van der Waals surface area contributed by atoms with E-state index in [9.17, 15) is 4.79 Å². The summed E-state index contributed by atoms with van der Waals surface area (Å²) in [6.07, 6.45) is 4.72. The van der Waals surface area contributed by atoms with Crippen LogP contribution in [0.25, 0.3) is 17.1 Å². The molecule has 3 aromatic heterocycles. The van der Waals surface area contributed by atoms with Crippen molar-refractivity contribution in [2.45, 2.75) is 6.92 Å². The van der Waals surface area contributed by atoms with Gasteiger partial charge in [0.1, 0.15) is 11.4 Å². The lowest BCUT2D eigenvalue weighted by atomic mass is 10.1. The Morgan fingerprint density at radius 1 is 1.29 bits per heavy atom. The lowest BCUT2D eigenvalue weighted by molar-refractivity contribution is 0.0950. The Labute approximate surface area is 175 Å². The van der Waals surface area contributed by atoms with Crippen molar-refractivity contribution in [2.75, 3.05) is 12.3 Å². The van der Waals surface area contributed by atoms with Crippen LogP contribution in [-0.2, 0) is 0 Å². The fourth-order valence-electron chi connectivity index (χ4n) is 2.75. The molecule has 1 amide bonds. The topological polar surface area (TPSA) is 159 Å². The van der Waals surface area contributed by atoms with Gasteiger partial charge in [0.2, 0.25) is 11.6 Å². The summed E-state index contributed by atoms with van der Waals surface area (Å²) in [7, 11) is 0. The summed E-state index contributed by atoms with van der Waals surface area (Å²) in [5.41, 5.74) is 9.95. The maximum Gasteiger partial charge on any atom is 0.294 e. The van der Waals surface area contributed by atoms with Crippen molar-refractivity contribution in [3.05, 3.63) is 60.0 Å². The highest BCUT2D eigenvalue weighted by Crippen LogP contribution is 2.29. The third-order valence-corrected chi connectivity index (χ3v) is 4.09. The third kappa shape index (κ3) is 4.22. The number of pyridine rings is 1. The summed E-state index contributed by atoms with van der Waals surface area (Å²) >= 11 is 0. The van der Waals surface area contributed by atoms with Crippen molar-refractivity contribution >= 4 is 17.9 Å². The van der Waals surface area contributed by atoms with Crippen molar-refractivity contribution in [3.63, 3.8) is 0 Å². The zero-order valence-corrected chi connectivity index (χ0v) is 16.3. The number of ether oxygens (including phenoxy) is 1. The Kier molecular flexibility index (Phi) is 5.60. The second-order valence-electron chi connectivity index (χ2n) is 6.11. The molecule has 0 fully saturated rings. The van der Waals surface area contributed by atoms with Gasteiger partial charge in [0.25, 0.3) is 5.91 Å². The van der Waals surface area contributed by atoms with Crippen LogP contribution in [0, 0.1) is 0 Å². The number of aromatic nitrogens is 6. The van der Waals surface area contributed by atoms with Gasteiger partial charge in [-0.25, -0.2) is 10.1 Å². The molecule has 0 bridgehead atoms. The first-order valence-corrected chi connectivity index (χ1v) is 9.18. The summed E-state index contributed by atoms with van der Waals surface area (Å²) in [6, 6.07) is 10.6. The minimum absolute atomic E-state index is 0.00271. The van der Waals surface area contributed by atoms with Crippen LogP contribution in [0.5, 0.6) is 5.75 Å². The van der Waals surface area contributed by atoms with Gasteiger partial charge < -0.3 is 10.5 Å². The van der Waals surface area contributed by atoms with Crippen LogP contribution in [0.1, 0.15) is 23.0 Å². The molecule has 0 aliphatic heterocycles. The molecule has 3 N–H and O–H groups in total. The number of hydrazone groups is 1. The van der Waals surface area contributed by atoms with Gasteiger partial charge in [-0.3, -0.25) is 9.78 Å². The molecule has 4 aromatic rings. The number of amides is 1. The first-order chi connectivity index (χ1) is 15.2. The summed E-state index contributed by atoms with van der Waals surface area (Å²) in [4.78, 5) is 16.8. The molecular formula is C19H17N9O3. The number of hydrogen-bond donors (Lipinski definition) is 2. The molecule has 0 atom stereocenters. The van der Waals surface area contributed by atoms with Gasteiger partial charge in [0.15, 0.2) is 5.69 Å². The number of rotatable bonds is 7. The van der Waals surface area contributed by atoms with E-state index in [2.05, 4.69) is 40.8 Å². The molecule has 0 spiro atoms. The predicted octanol–water partition coefficient (Wildman–Crippen LogP) is 1.46. The number of carbonyl (C=O) groups is 1. The molecule has 1 aromatic carbocycles. The second kappa shape index (κ2) is 8.82. The fraction of sp³-hybridized carbons (Fsp3) is 0.105. The molecule has 12 nitrogen and oxygen atoms in total. The van der Waals surface area contributed by atoms with E-state index in [4.69, 9.17) is 10.5 Å². The van der Waals surface area contributed by atoms with Crippen LogP contribution in [0.4, 0.5) is 5.82 Å². The Bertz CT molecular complexity index is 1220. The van der Waals surface area contributed by atoms with Crippen LogP contribution in [0.15, 0.2) is 58.5 Å². The van der Waals surface area contributed by atoms with E-state index in [0.717, 1.165) is 5.56 Å². The SMILES string of the molecule is CCOc1cccc(-c2c(C(=O)N/N=C\c3ccncc3)nnn2-c2nonc2N)c1. The van der Waals surface area contributed by atoms with Gasteiger partial charge >= 0.3 is 0 Å². The molecular weight excluding hydrogens is 402 g/mol. The van der Waals surface area contributed by atoms with Crippen LogP contribution >= 0.6 is 0 Å². The number of anilines is 1. The highest BCUT2D eigenvalue weighted by atomic mass is 16.6. The van der Waals surface area contributed by atoms with E-state index in [1.54, 1.807) is 48.8 Å². The zero-order chi connectivity index (χ0) is 21.6. The van der Waals surface area contributed by atoms with Gasteiger partial charge in [-0.15, -0.1) is 5.10 Å². The van der Waals surface area contributed by atoms with E-state index in [1.165, 1.54) is 10.9 Å². The van der Waals surface area contributed by atoms with Crippen molar-refractivity contribution in [1.82, 2.24) is 35.7 Å². The molecule has 12 heteroatoms. The molecule has 0 saturated heterocycles. The molecule has 31 heavy (non-hydrogen) atoms. The van der Waals surface area contributed by atoms with Crippen molar-refractivity contribution in [2.24, 2.45) is 5.10 Å². The maximum absolute atomic E-state index is 12.8. The van der Waals surface area contributed by atoms with E-state index < -0.39 is 5.91 Å². The largest absolute Gasteiger partial charge is 0.494 e. The number of nitrogen functional groups attached to an aromatic ring is 1. The highest BCUT2D eigenvalue weighted by Gasteiger charge is 2.25. The zero-order valence-electron chi connectivity index (χ0n) is 16.3. The number of benzene rings is 1. The van der Waals surface area contributed by atoms with Crippen molar-refractivity contribution in [3.8, 4) is 22.8 Å². The van der Waals surface area contributed by atoms with Gasteiger partial charge in [-0.05, 0) is 47.1 Å². The normalized spacial score (nSPS) is 11.0.